The van der Waals surface area contributed by atoms with Gasteiger partial charge in [0.05, 0.1) is 25.2 Å². The van der Waals surface area contributed by atoms with E-state index in [4.69, 9.17) is 9.15 Å². The van der Waals surface area contributed by atoms with Gasteiger partial charge in [-0.15, -0.1) is 11.8 Å². The van der Waals surface area contributed by atoms with Crippen LogP contribution in [0.1, 0.15) is 23.9 Å². The summed E-state index contributed by atoms with van der Waals surface area (Å²) in [5.74, 6) is 2.52. The van der Waals surface area contributed by atoms with Gasteiger partial charge in [-0.05, 0) is 53.7 Å². The van der Waals surface area contributed by atoms with E-state index in [2.05, 4.69) is 9.72 Å². The van der Waals surface area contributed by atoms with Crippen molar-refractivity contribution >= 4 is 29.5 Å². The lowest BCUT2D eigenvalue weighted by Crippen LogP contribution is -2.04. The van der Waals surface area contributed by atoms with Crippen LogP contribution in [0.2, 0.25) is 0 Å². The molecule has 0 fully saturated rings. The molecule has 0 bridgehead atoms. The highest BCUT2D eigenvalue weighted by molar-refractivity contribution is 8.00. The van der Waals surface area contributed by atoms with Gasteiger partial charge in [0.1, 0.15) is 11.5 Å². The Morgan fingerprint density at radius 3 is 2.59 bits per heavy atom. The fourth-order valence-electron chi connectivity index (χ4n) is 3.08. The minimum absolute atomic E-state index is 0.109. The summed E-state index contributed by atoms with van der Waals surface area (Å²) in [4.78, 5) is 15.9. The SMILES string of the molecule is CCc1oc(-c2ccc(SC(F)(F)F)cc2)nc1CCOc1cccc(CSCC(=O)OC)c1. The summed E-state index contributed by atoms with van der Waals surface area (Å²) in [5.41, 5.74) is -1.91. The zero-order chi connectivity index (χ0) is 24.6. The van der Waals surface area contributed by atoms with Gasteiger partial charge in [-0.1, -0.05) is 19.1 Å². The number of ether oxygens (including phenoxy) is 2. The first-order valence-electron chi connectivity index (χ1n) is 10.5. The summed E-state index contributed by atoms with van der Waals surface area (Å²) < 4.78 is 54.0. The number of halogens is 3. The van der Waals surface area contributed by atoms with Gasteiger partial charge in [-0.2, -0.15) is 13.2 Å². The Bertz CT molecular complexity index is 1080. The fraction of sp³-hybridized carbons (Fsp3) is 0.333. The number of carbonyl (C=O) groups is 1. The average molecular weight is 512 g/mol. The molecule has 5 nitrogen and oxygen atoms in total. The van der Waals surface area contributed by atoms with Crippen LogP contribution in [-0.4, -0.2) is 35.9 Å². The molecule has 1 aromatic heterocycles. The number of carbonyl (C=O) groups excluding carboxylic acids is 1. The summed E-state index contributed by atoms with van der Waals surface area (Å²) >= 11 is 1.31. The number of oxazole rings is 1. The van der Waals surface area contributed by atoms with E-state index in [1.807, 2.05) is 31.2 Å². The van der Waals surface area contributed by atoms with Crippen molar-refractivity contribution in [1.82, 2.24) is 4.98 Å². The molecule has 0 radical (unpaired) electrons. The number of aromatic nitrogens is 1. The van der Waals surface area contributed by atoms with E-state index in [9.17, 15) is 18.0 Å². The molecule has 10 heteroatoms. The van der Waals surface area contributed by atoms with Crippen LogP contribution < -0.4 is 4.74 Å². The second kappa shape index (κ2) is 12.2. The van der Waals surface area contributed by atoms with Crippen LogP contribution in [0.25, 0.3) is 11.5 Å². The summed E-state index contributed by atoms with van der Waals surface area (Å²) in [6.07, 6.45) is 1.16. The van der Waals surface area contributed by atoms with Gasteiger partial charge in [0.2, 0.25) is 5.89 Å². The highest BCUT2D eigenvalue weighted by atomic mass is 32.2. The molecule has 0 unspecified atom stereocenters. The van der Waals surface area contributed by atoms with Crippen molar-refractivity contribution < 1.29 is 31.9 Å². The monoisotopic (exact) mass is 511 g/mol. The van der Waals surface area contributed by atoms with Crippen LogP contribution in [-0.2, 0) is 28.1 Å². The number of methoxy groups -OCH3 is 1. The summed E-state index contributed by atoms with van der Waals surface area (Å²) in [6.45, 7) is 2.34. The van der Waals surface area contributed by atoms with Gasteiger partial charge in [0.15, 0.2) is 0 Å². The highest BCUT2D eigenvalue weighted by Gasteiger charge is 2.29. The number of alkyl halides is 3. The zero-order valence-electron chi connectivity index (χ0n) is 18.7. The van der Waals surface area contributed by atoms with E-state index >= 15 is 0 Å². The smallest absolute Gasteiger partial charge is 0.446 e. The van der Waals surface area contributed by atoms with E-state index in [-0.39, 0.29) is 22.6 Å². The lowest BCUT2D eigenvalue weighted by Gasteiger charge is -2.08. The Morgan fingerprint density at radius 1 is 1.15 bits per heavy atom. The second-order valence-corrected chi connectivity index (χ2v) is 9.25. The lowest BCUT2D eigenvalue weighted by atomic mass is 10.2. The minimum atomic E-state index is -4.32. The normalized spacial score (nSPS) is 11.4. The molecule has 0 saturated carbocycles. The summed E-state index contributed by atoms with van der Waals surface area (Å²) in [5, 5.41) is 0. The van der Waals surface area contributed by atoms with Crippen molar-refractivity contribution in [3.8, 4) is 17.2 Å². The Kier molecular flexibility index (Phi) is 9.35. The zero-order valence-corrected chi connectivity index (χ0v) is 20.3. The number of esters is 1. The molecule has 182 valence electrons. The van der Waals surface area contributed by atoms with Crippen LogP contribution >= 0.6 is 23.5 Å². The first-order valence-corrected chi connectivity index (χ1v) is 12.5. The average Bonchev–Trinajstić information content (AvgIpc) is 3.22. The number of nitrogens with zero attached hydrogens (tertiary/aromatic N) is 1. The third kappa shape index (κ3) is 8.02. The highest BCUT2D eigenvalue weighted by Crippen LogP contribution is 2.37. The minimum Gasteiger partial charge on any atom is -0.493 e. The first-order chi connectivity index (χ1) is 16.3. The maximum atomic E-state index is 12.5. The molecule has 0 atom stereocenters. The molecule has 2 aromatic carbocycles. The van der Waals surface area contributed by atoms with Crippen LogP contribution in [0.3, 0.4) is 0 Å². The molecule has 0 aliphatic heterocycles. The van der Waals surface area contributed by atoms with E-state index in [1.54, 1.807) is 12.1 Å². The Balaban J connectivity index is 1.57. The van der Waals surface area contributed by atoms with E-state index in [0.29, 0.717) is 42.4 Å². The predicted octanol–water partition coefficient (Wildman–Crippen LogP) is 6.54. The second-order valence-electron chi connectivity index (χ2n) is 7.13. The predicted molar refractivity (Wildman–Crippen MR) is 127 cm³/mol. The van der Waals surface area contributed by atoms with Gasteiger partial charge in [-0.3, -0.25) is 4.79 Å². The molecule has 0 N–H and O–H groups in total. The number of benzene rings is 2. The van der Waals surface area contributed by atoms with Crippen molar-refractivity contribution in [2.75, 3.05) is 19.5 Å². The van der Waals surface area contributed by atoms with Crippen LogP contribution in [0, 0.1) is 0 Å². The summed E-state index contributed by atoms with van der Waals surface area (Å²) in [7, 11) is 1.37. The maximum absolute atomic E-state index is 12.5. The molecule has 1 heterocycles. The molecule has 0 saturated heterocycles. The van der Waals surface area contributed by atoms with Crippen molar-refractivity contribution in [1.29, 1.82) is 0 Å². The maximum Gasteiger partial charge on any atom is 0.446 e. The number of aryl methyl sites for hydroxylation is 1. The largest absolute Gasteiger partial charge is 0.493 e. The number of hydrogen-bond acceptors (Lipinski definition) is 7. The van der Waals surface area contributed by atoms with E-state index < -0.39 is 5.51 Å². The van der Waals surface area contributed by atoms with Crippen molar-refractivity contribution in [2.24, 2.45) is 0 Å². The molecule has 0 aliphatic rings. The molecule has 3 aromatic rings. The third-order valence-electron chi connectivity index (χ3n) is 4.66. The molecular formula is C24H24F3NO4S2. The first kappa shape index (κ1) is 26.0. The molecule has 3 rings (SSSR count). The van der Waals surface area contributed by atoms with Crippen molar-refractivity contribution in [2.45, 2.75) is 35.9 Å². The van der Waals surface area contributed by atoms with Gasteiger partial charge in [-0.25, -0.2) is 4.98 Å². The van der Waals surface area contributed by atoms with Crippen LogP contribution in [0.4, 0.5) is 13.2 Å². The van der Waals surface area contributed by atoms with Crippen molar-refractivity contribution in [3.63, 3.8) is 0 Å². The number of thioether (sulfide) groups is 2. The quantitative estimate of drug-likeness (QED) is 0.214. The molecule has 0 aliphatic carbocycles. The Morgan fingerprint density at radius 2 is 1.91 bits per heavy atom. The lowest BCUT2D eigenvalue weighted by molar-refractivity contribution is -0.137. The van der Waals surface area contributed by atoms with Gasteiger partial charge < -0.3 is 13.9 Å². The third-order valence-corrected chi connectivity index (χ3v) is 6.37. The number of hydrogen-bond donors (Lipinski definition) is 0. The van der Waals surface area contributed by atoms with Gasteiger partial charge >= 0.3 is 11.5 Å². The Hall–Kier alpha value is -2.59. The van der Waals surface area contributed by atoms with Crippen LogP contribution in [0.15, 0.2) is 57.8 Å². The molecule has 0 amide bonds. The fourth-order valence-corrected chi connectivity index (χ4v) is 4.42. The molecular weight excluding hydrogens is 487 g/mol. The summed E-state index contributed by atoms with van der Waals surface area (Å²) in [6, 6.07) is 13.6. The number of rotatable bonds is 11. The molecule has 0 spiro atoms. The van der Waals surface area contributed by atoms with E-state index in [0.717, 1.165) is 22.8 Å². The topological polar surface area (TPSA) is 61.6 Å². The Labute approximate surface area is 204 Å². The van der Waals surface area contributed by atoms with Gasteiger partial charge in [0, 0.05) is 29.1 Å². The molecule has 34 heavy (non-hydrogen) atoms. The van der Waals surface area contributed by atoms with Gasteiger partial charge in [0.25, 0.3) is 0 Å². The van der Waals surface area contributed by atoms with Crippen molar-refractivity contribution in [3.05, 3.63) is 65.5 Å². The standard InChI is InChI=1S/C24H24F3NO4S2/c1-3-21-20(28-23(32-21)17-7-9-19(10-8-17)34-24(25,26)27)11-12-31-18-6-4-5-16(13-18)14-33-15-22(29)30-2/h4-10,13H,3,11-12,14-15H2,1-2H3. The van der Waals surface area contributed by atoms with Crippen LogP contribution in [0.5, 0.6) is 5.75 Å². The van der Waals surface area contributed by atoms with E-state index in [1.165, 1.54) is 31.0 Å².